The maximum absolute atomic E-state index is 13.0. The molecule has 1 amide bonds. The number of amides is 1. The van der Waals surface area contributed by atoms with Crippen molar-refractivity contribution in [2.45, 2.75) is 32.2 Å². The molecule has 1 fully saturated rings. The smallest absolute Gasteiger partial charge is 0.254 e. The zero-order valence-electron chi connectivity index (χ0n) is 15.8. The Morgan fingerprint density at radius 1 is 1.25 bits per heavy atom. The second kappa shape index (κ2) is 6.82. The molecule has 2 aliphatic heterocycles. The number of pyridine rings is 1. The Labute approximate surface area is 162 Å². The molecule has 4 heterocycles. The number of ether oxygens (including phenoxy) is 2. The van der Waals surface area contributed by atoms with Gasteiger partial charge in [-0.15, -0.1) is 0 Å². The molecule has 0 saturated carbocycles. The van der Waals surface area contributed by atoms with Gasteiger partial charge in [0.05, 0.1) is 6.04 Å². The fourth-order valence-corrected chi connectivity index (χ4v) is 4.11. The number of likely N-dealkylation sites (tertiary alicyclic amines) is 1. The molecule has 0 unspecified atom stereocenters. The van der Waals surface area contributed by atoms with E-state index in [1.807, 2.05) is 17.0 Å². The van der Waals surface area contributed by atoms with Crippen molar-refractivity contribution in [3.8, 4) is 11.5 Å². The van der Waals surface area contributed by atoms with E-state index in [0.29, 0.717) is 23.6 Å². The topological polar surface area (TPSA) is 69.5 Å². The predicted octanol–water partition coefficient (Wildman–Crippen LogP) is 3.20. The lowest BCUT2D eigenvalue weighted by Gasteiger charge is -2.19. The van der Waals surface area contributed by atoms with E-state index < -0.39 is 0 Å². The number of nitrogens with zero attached hydrogens (tertiary/aromatic N) is 4. The van der Waals surface area contributed by atoms with Crippen LogP contribution in [0.4, 0.5) is 0 Å². The maximum Gasteiger partial charge on any atom is 0.254 e. The molecule has 2 aliphatic rings. The Morgan fingerprint density at radius 2 is 2.14 bits per heavy atom. The van der Waals surface area contributed by atoms with Gasteiger partial charge in [0.25, 0.3) is 5.91 Å². The summed E-state index contributed by atoms with van der Waals surface area (Å²) in [5.41, 5.74) is 2.46. The fourth-order valence-electron chi connectivity index (χ4n) is 4.11. The maximum atomic E-state index is 13.0. The number of aromatic nitrogens is 3. The Hall–Kier alpha value is -3.09. The molecule has 5 rings (SSSR count). The molecular weight excluding hydrogens is 356 g/mol. The van der Waals surface area contributed by atoms with Crippen LogP contribution in [0.3, 0.4) is 0 Å². The summed E-state index contributed by atoms with van der Waals surface area (Å²) in [7, 11) is 0. The number of hydrogen-bond donors (Lipinski definition) is 0. The van der Waals surface area contributed by atoms with Crippen LogP contribution in [0.2, 0.25) is 0 Å². The number of hydrogen-bond acceptors (Lipinski definition) is 5. The van der Waals surface area contributed by atoms with Crippen molar-refractivity contribution in [3.05, 3.63) is 47.9 Å². The minimum atomic E-state index is 0.0234. The summed E-state index contributed by atoms with van der Waals surface area (Å²) < 4.78 is 13.0. The van der Waals surface area contributed by atoms with Gasteiger partial charge >= 0.3 is 0 Å². The summed E-state index contributed by atoms with van der Waals surface area (Å²) in [6, 6.07) is 9.49. The number of aryl methyl sites for hydroxylation is 1. The Balaban J connectivity index is 1.41. The first-order valence-corrected chi connectivity index (χ1v) is 9.75. The molecule has 2 aromatic heterocycles. The van der Waals surface area contributed by atoms with E-state index in [2.05, 4.69) is 16.5 Å². The summed E-state index contributed by atoms with van der Waals surface area (Å²) in [5, 5.41) is 0. The van der Waals surface area contributed by atoms with Gasteiger partial charge in [0.15, 0.2) is 17.1 Å². The highest BCUT2D eigenvalue weighted by molar-refractivity contribution is 5.95. The number of carbonyl (C=O) groups is 1. The van der Waals surface area contributed by atoms with Gasteiger partial charge in [-0.1, -0.05) is 6.92 Å². The van der Waals surface area contributed by atoms with Gasteiger partial charge in [-0.05, 0) is 43.2 Å². The van der Waals surface area contributed by atoms with Crippen LogP contribution in [0.25, 0.3) is 11.2 Å². The van der Waals surface area contributed by atoms with Crippen LogP contribution in [0, 0.1) is 0 Å². The molecule has 3 aromatic rings. The van der Waals surface area contributed by atoms with E-state index in [4.69, 9.17) is 14.5 Å². The van der Waals surface area contributed by atoms with E-state index in [0.717, 1.165) is 42.8 Å². The molecule has 144 valence electrons. The van der Waals surface area contributed by atoms with Crippen molar-refractivity contribution in [1.82, 2.24) is 19.4 Å². The number of benzene rings is 1. The number of imidazole rings is 1. The molecule has 0 spiro atoms. The highest BCUT2D eigenvalue weighted by Gasteiger charge is 2.31. The minimum Gasteiger partial charge on any atom is -0.454 e. The molecule has 0 aliphatic carbocycles. The quantitative estimate of drug-likeness (QED) is 0.697. The highest BCUT2D eigenvalue weighted by atomic mass is 16.7. The largest absolute Gasteiger partial charge is 0.454 e. The van der Waals surface area contributed by atoms with Crippen molar-refractivity contribution in [2.75, 3.05) is 19.9 Å². The zero-order valence-corrected chi connectivity index (χ0v) is 15.8. The number of fused-ring (bicyclic) bond motifs is 2. The normalized spacial score (nSPS) is 18.2. The van der Waals surface area contributed by atoms with Crippen molar-refractivity contribution < 1.29 is 14.3 Å². The summed E-state index contributed by atoms with van der Waals surface area (Å²) in [4.78, 5) is 24.3. The average molecular weight is 378 g/mol. The molecule has 7 nitrogen and oxygen atoms in total. The summed E-state index contributed by atoms with van der Waals surface area (Å²) in [6.07, 6.45) is 4.63. The summed E-state index contributed by atoms with van der Waals surface area (Å²) >= 11 is 0. The second-order valence-corrected chi connectivity index (χ2v) is 7.26. The van der Waals surface area contributed by atoms with Crippen molar-refractivity contribution >= 4 is 17.1 Å². The third kappa shape index (κ3) is 2.78. The predicted molar refractivity (Wildman–Crippen MR) is 104 cm³/mol. The molecule has 1 saturated heterocycles. The van der Waals surface area contributed by atoms with Gasteiger partial charge in [-0.2, -0.15) is 0 Å². The van der Waals surface area contributed by atoms with Crippen LogP contribution >= 0.6 is 0 Å². The van der Waals surface area contributed by atoms with Crippen molar-refractivity contribution in [2.24, 2.45) is 0 Å². The van der Waals surface area contributed by atoms with Gasteiger partial charge < -0.3 is 18.9 Å². The molecular formula is C21H22N4O3. The lowest BCUT2D eigenvalue weighted by Crippen LogP contribution is -2.29. The Bertz CT molecular complexity index is 1050. The van der Waals surface area contributed by atoms with Crippen molar-refractivity contribution in [1.29, 1.82) is 0 Å². The molecule has 1 aromatic carbocycles. The summed E-state index contributed by atoms with van der Waals surface area (Å²) in [5.74, 6) is 2.40. The van der Waals surface area contributed by atoms with Crippen LogP contribution in [0.15, 0.2) is 36.5 Å². The Morgan fingerprint density at radius 3 is 3.04 bits per heavy atom. The first-order valence-electron chi connectivity index (χ1n) is 9.75. The van der Waals surface area contributed by atoms with Gasteiger partial charge in [0.2, 0.25) is 6.79 Å². The highest BCUT2D eigenvalue weighted by Crippen LogP contribution is 2.34. The average Bonchev–Trinajstić information content (AvgIpc) is 3.44. The minimum absolute atomic E-state index is 0.0234. The third-order valence-corrected chi connectivity index (χ3v) is 5.43. The van der Waals surface area contributed by atoms with E-state index in [1.54, 1.807) is 24.4 Å². The second-order valence-electron chi connectivity index (χ2n) is 7.26. The van der Waals surface area contributed by atoms with Crippen LogP contribution < -0.4 is 9.47 Å². The zero-order chi connectivity index (χ0) is 19.1. The van der Waals surface area contributed by atoms with Crippen LogP contribution in [-0.4, -0.2) is 45.2 Å². The van der Waals surface area contributed by atoms with E-state index in [-0.39, 0.29) is 18.7 Å². The van der Waals surface area contributed by atoms with E-state index in [1.165, 1.54) is 0 Å². The number of carbonyl (C=O) groups excluding carboxylic acids is 1. The number of rotatable bonds is 4. The first kappa shape index (κ1) is 17.0. The van der Waals surface area contributed by atoms with Gasteiger partial charge in [0.1, 0.15) is 11.3 Å². The molecule has 0 N–H and O–H groups in total. The fraction of sp³-hybridized carbons (Fsp3) is 0.381. The Kier molecular flexibility index (Phi) is 4.15. The lowest BCUT2D eigenvalue weighted by molar-refractivity contribution is 0.0787. The standard InChI is InChI=1S/C21H22N4O3/c1-2-4-19-23-16-5-3-9-22-20(16)25(19)15-8-10-24(12-15)21(26)14-6-7-17-18(11-14)28-13-27-17/h3,5-7,9,11,15H,2,4,8,10,12-13H2,1H3/t15-/m1/s1. The molecule has 28 heavy (non-hydrogen) atoms. The van der Waals surface area contributed by atoms with E-state index >= 15 is 0 Å². The molecule has 1 atom stereocenters. The lowest BCUT2D eigenvalue weighted by atomic mass is 10.2. The van der Waals surface area contributed by atoms with Gasteiger partial charge in [-0.25, -0.2) is 9.97 Å². The van der Waals surface area contributed by atoms with Crippen LogP contribution in [0.5, 0.6) is 11.5 Å². The summed E-state index contributed by atoms with van der Waals surface area (Å²) in [6.45, 7) is 3.74. The van der Waals surface area contributed by atoms with Crippen LogP contribution in [0.1, 0.15) is 42.0 Å². The SMILES string of the molecule is CCCc1nc2cccnc2n1[C@@H]1CCN(C(=O)c2ccc3c(c2)OCO3)C1. The first-order chi connectivity index (χ1) is 13.7. The monoisotopic (exact) mass is 378 g/mol. The van der Waals surface area contributed by atoms with Crippen LogP contribution in [-0.2, 0) is 6.42 Å². The molecule has 7 heteroatoms. The van der Waals surface area contributed by atoms with Crippen molar-refractivity contribution in [3.63, 3.8) is 0 Å². The van der Waals surface area contributed by atoms with Gasteiger partial charge in [-0.3, -0.25) is 4.79 Å². The molecule has 0 bridgehead atoms. The molecule has 0 radical (unpaired) electrons. The van der Waals surface area contributed by atoms with Gasteiger partial charge in [0, 0.05) is 31.3 Å². The third-order valence-electron chi connectivity index (χ3n) is 5.43. The van der Waals surface area contributed by atoms with E-state index in [9.17, 15) is 4.79 Å².